The van der Waals surface area contributed by atoms with Gasteiger partial charge < -0.3 is 14.2 Å². The van der Waals surface area contributed by atoms with Crippen molar-refractivity contribution in [1.82, 2.24) is 9.55 Å². The van der Waals surface area contributed by atoms with E-state index in [0.717, 1.165) is 5.56 Å². The van der Waals surface area contributed by atoms with Gasteiger partial charge in [0.25, 0.3) is 11.2 Å². The Balaban J connectivity index is 1.95. The highest BCUT2D eigenvalue weighted by Gasteiger charge is 2.21. The lowest BCUT2D eigenvalue weighted by Gasteiger charge is -2.30. The zero-order chi connectivity index (χ0) is 18.8. The third kappa shape index (κ3) is 3.39. The molecular weight excluding hydrogens is 348 g/mol. The van der Waals surface area contributed by atoms with Crippen molar-refractivity contribution in [3.05, 3.63) is 74.6 Å². The molecule has 8 heteroatoms. The Hall–Kier alpha value is -3.26. The van der Waals surface area contributed by atoms with Gasteiger partial charge in [0, 0.05) is 25.2 Å². The van der Waals surface area contributed by atoms with Gasteiger partial charge in [-0.1, -0.05) is 30.3 Å². The number of nitro benzene ring substituents is 1. The second-order valence-electron chi connectivity index (χ2n) is 6.35. The maximum atomic E-state index is 12.6. The highest BCUT2D eigenvalue weighted by atomic mass is 16.6. The molecule has 0 bridgehead atoms. The molecule has 138 valence electrons. The number of morpholine rings is 1. The van der Waals surface area contributed by atoms with Crippen LogP contribution in [0.4, 0.5) is 11.6 Å². The molecule has 0 saturated carbocycles. The normalized spacial score (nSPS) is 14.4. The van der Waals surface area contributed by atoms with E-state index in [4.69, 9.17) is 4.74 Å². The standard InChI is InChI=1S/C19H18N4O4/c24-18-16-7-6-15(23(25)26)12-17(16)22(13-14-4-2-1-3-5-14)19(20-18)21-8-10-27-11-9-21/h1-7,12H,8-11,13H2. The van der Waals surface area contributed by atoms with Crippen LogP contribution in [-0.2, 0) is 11.3 Å². The highest BCUT2D eigenvalue weighted by molar-refractivity contribution is 5.82. The highest BCUT2D eigenvalue weighted by Crippen LogP contribution is 2.24. The Labute approximate surface area is 154 Å². The Morgan fingerprint density at radius 1 is 1.11 bits per heavy atom. The second kappa shape index (κ2) is 7.16. The van der Waals surface area contributed by atoms with Gasteiger partial charge in [0.15, 0.2) is 0 Å². The van der Waals surface area contributed by atoms with Crippen LogP contribution >= 0.6 is 0 Å². The number of rotatable bonds is 4. The number of hydrogen-bond acceptors (Lipinski definition) is 6. The van der Waals surface area contributed by atoms with Gasteiger partial charge in [-0.05, 0) is 11.6 Å². The molecule has 27 heavy (non-hydrogen) atoms. The molecule has 2 heterocycles. The van der Waals surface area contributed by atoms with Crippen LogP contribution in [0.15, 0.2) is 53.3 Å². The van der Waals surface area contributed by atoms with Gasteiger partial charge in [0.2, 0.25) is 5.95 Å². The lowest BCUT2D eigenvalue weighted by Crippen LogP contribution is -2.40. The number of fused-ring (bicyclic) bond motifs is 1. The zero-order valence-corrected chi connectivity index (χ0v) is 14.6. The molecule has 1 saturated heterocycles. The molecule has 0 N–H and O–H groups in total. The van der Waals surface area contributed by atoms with Crippen LogP contribution in [0.25, 0.3) is 10.9 Å². The van der Waals surface area contributed by atoms with Gasteiger partial charge >= 0.3 is 0 Å². The predicted molar refractivity (Wildman–Crippen MR) is 101 cm³/mol. The minimum atomic E-state index is -0.453. The summed E-state index contributed by atoms with van der Waals surface area (Å²) < 4.78 is 7.28. The molecule has 0 radical (unpaired) electrons. The number of aromatic nitrogens is 2. The van der Waals surface area contributed by atoms with Crippen molar-refractivity contribution in [2.24, 2.45) is 0 Å². The lowest BCUT2D eigenvalue weighted by molar-refractivity contribution is -0.384. The van der Waals surface area contributed by atoms with Crippen LogP contribution in [-0.4, -0.2) is 40.8 Å². The van der Waals surface area contributed by atoms with E-state index in [-0.39, 0.29) is 11.2 Å². The van der Waals surface area contributed by atoms with Crippen LogP contribution < -0.4 is 10.5 Å². The van der Waals surface area contributed by atoms with Crippen molar-refractivity contribution in [3.8, 4) is 0 Å². The maximum Gasteiger partial charge on any atom is 0.282 e. The van der Waals surface area contributed by atoms with E-state index < -0.39 is 4.92 Å². The lowest BCUT2D eigenvalue weighted by atomic mass is 10.2. The predicted octanol–water partition coefficient (Wildman–Crippen LogP) is 2.19. The number of anilines is 1. The number of hydrogen-bond donors (Lipinski definition) is 0. The molecular formula is C19H18N4O4. The monoisotopic (exact) mass is 366 g/mol. The SMILES string of the molecule is O=c1nc(N2CCOCC2)n(Cc2ccccc2)c2cc([N+](=O)[O-])ccc12. The van der Waals surface area contributed by atoms with E-state index in [1.807, 2.05) is 39.8 Å². The van der Waals surface area contributed by atoms with Crippen molar-refractivity contribution < 1.29 is 9.66 Å². The Bertz CT molecular complexity index is 1040. The summed E-state index contributed by atoms with van der Waals surface area (Å²) in [5.74, 6) is 0.514. The Morgan fingerprint density at radius 3 is 2.56 bits per heavy atom. The van der Waals surface area contributed by atoms with E-state index in [1.165, 1.54) is 18.2 Å². The van der Waals surface area contributed by atoms with Crippen molar-refractivity contribution in [2.45, 2.75) is 6.54 Å². The Morgan fingerprint density at radius 2 is 1.85 bits per heavy atom. The van der Waals surface area contributed by atoms with E-state index in [0.29, 0.717) is 49.7 Å². The molecule has 8 nitrogen and oxygen atoms in total. The van der Waals surface area contributed by atoms with Gasteiger partial charge in [-0.2, -0.15) is 4.98 Å². The smallest absolute Gasteiger partial charge is 0.282 e. The fraction of sp³-hybridized carbons (Fsp3) is 0.263. The van der Waals surface area contributed by atoms with Crippen LogP contribution in [0.1, 0.15) is 5.56 Å². The first-order valence-electron chi connectivity index (χ1n) is 8.69. The average Bonchev–Trinajstić information content (AvgIpc) is 2.71. The molecule has 2 aromatic carbocycles. The molecule has 1 fully saturated rings. The van der Waals surface area contributed by atoms with Crippen molar-refractivity contribution >= 4 is 22.5 Å². The van der Waals surface area contributed by atoms with Gasteiger partial charge in [-0.25, -0.2) is 0 Å². The molecule has 0 unspecified atom stereocenters. The molecule has 4 rings (SSSR count). The van der Waals surface area contributed by atoms with E-state index in [1.54, 1.807) is 0 Å². The van der Waals surface area contributed by atoms with Gasteiger partial charge in [0.1, 0.15) is 0 Å². The number of benzene rings is 2. The van der Waals surface area contributed by atoms with E-state index in [2.05, 4.69) is 4.98 Å². The van der Waals surface area contributed by atoms with Crippen molar-refractivity contribution in [3.63, 3.8) is 0 Å². The van der Waals surface area contributed by atoms with Crippen LogP contribution in [0, 0.1) is 10.1 Å². The first-order valence-corrected chi connectivity index (χ1v) is 8.69. The number of non-ortho nitro benzene ring substituents is 1. The average molecular weight is 366 g/mol. The molecule has 1 aliphatic rings. The topological polar surface area (TPSA) is 90.5 Å². The first-order chi connectivity index (χ1) is 13.1. The van der Waals surface area contributed by atoms with Crippen LogP contribution in [0.2, 0.25) is 0 Å². The van der Waals surface area contributed by atoms with E-state index in [9.17, 15) is 14.9 Å². The molecule has 1 aromatic heterocycles. The van der Waals surface area contributed by atoms with Gasteiger partial charge in [-0.3, -0.25) is 14.9 Å². The third-order valence-electron chi connectivity index (χ3n) is 4.63. The summed E-state index contributed by atoms with van der Waals surface area (Å²) in [6.45, 7) is 2.78. The molecule has 3 aromatic rings. The van der Waals surface area contributed by atoms with E-state index >= 15 is 0 Å². The molecule has 0 spiro atoms. The summed E-state index contributed by atoms with van der Waals surface area (Å²) >= 11 is 0. The Kier molecular flexibility index (Phi) is 4.55. The molecule has 0 amide bonds. The maximum absolute atomic E-state index is 12.6. The quantitative estimate of drug-likeness (QED) is 0.519. The van der Waals surface area contributed by atoms with Crippen LogP contribution in [0.5, 0.6) is 0 Å². The molecule has 0 atom stereocenters. The third-order valence-corrected chi connectivity index (χ3v) is 4.63. The fourth-order valence-electron chi connectivity index (χ4n) is 3.28. The number of nitrogens with zero attached hydrogens (tertiary/aromatic N) is 4. The number of nitro groups is 1. The minimum absolute atomic E-state index is 0.0529. The fourth-order valence-corrected chi connectivity index (χ4v) is 3.28. The summed E-state index contributed by atoms with van der Waals surface area (Å²) in [5.41, 5.74) is 1.09. The molecule has 1 aliphatic heterocycles. The summed E-state index contributed by atoms with van der Waals surface area (Å²) in [5, 5.41) is 11.6. The van der Waals surface area contributed by atoms with Crippen molar-refractivity contribution in [2.75, 3.05) is 31.2 Å². The minimum Gasteiger partial charge on any atom is -0.378 e. The number of ether oxygens (including phenoxy) is 1. The zero-order valence-electron chi connectivity index (χ0n) is 14.6. The van der Waals surface area contributed by atoms with Crippen molar-refractivity contribution in [1.29, 1.82) is 0 Å². The summed E-state index contributed by atoms with van der Waals surface area (Å²) in [7, 11) is 0. The summed E-state index contributed by atoms with van der Waals surface area (Å²) in [6, 6.07) is 14.0. The van der Waals surface area contributed by atoms with Gasteiger partial charge in [-0.15, -0.1) is 0 Å². The first kappa shape index (κ1) is 17.2. The summed E-state index contributed by atoms with van der Waals surface area (Å²) in [6.07, 6.45) is 0. The molecule has 0 aliphatic carbocycles. The second-order valence-corrected chi connectivity index (χ2v) is 6.35. The van der Waals surface area contributed by atoms with Crippen LogP contribution in [0.3, 0.4) is 0 Å². The summed E-state index contributed by atoms with van der Waals surface area (Å²) in [4.78, 5) is 29.7. The van der Waals surface area contributed by atoms with Gasteiger partial charge in [0.05, 0.1) is 35.6 Å². The largest absolute Gasteiger partial charge is 0.378 e.